The van der Waals surface area contributed by atoms with Gasteiger partial charge in [-0.15, -0.1) is 0 Å². The van der Waals surface area contributed by atoms with Crippen molar-refractivity contribution in [2.75, 3.05) is 0 Å². The average molecular weight is 212 g/mol. The molecule has 0 heterocycles. The van der Waals surface area contributed by atoms with Gasteiger partial charge in [-0.3, -0.25) is 4.79 Å². The Morgan fingerprint density at radius 2 is 2.07 bits per heavy atom. The Bertz CT molecular complexity index is 236. The molecule has 1 aliphatic carbocycles. The van der Waals surface area contributed by atoms with Crippen molar-refractivity contribution in [3.05, 3.63) is 0 Å². The molecule has 0 aliphatic heterocycles. The summed E-state index contributed by atoms with van der Waals surface area (Å²) in [6.07, 6.45) is 3.53. The predicted molar refractivity (Wildman–Crippen MR) is 62.4 cm³/mol. The second-order valence-corrected chi connectivity index (χ2v) is 5.89. The summed E-state index contributed by atoms with van der Waals surface area (Å²) in [7, 11) is 0. The summed E-state index contributed by atoms with van der Waals surface area (Å²) in [6, 6.07) is 0.281. The number of rotatable bonds is 4. The predicted octanol–water partition coefficient (Wildman–Crippen LogP) is 1.66. The zero-order valence-corrected chi connectivity index (χ0v) is 10.3. The van der Waals surface area contributed by atoms with E-state index in [1.165, 1.54) is 6.42 Å². The molecule has 0 radical (unpaired) electrons. The van der Waals surface area contributed by atoms with Crippen molar-refractivity contribution >= 4 is 5.91 Å². The van der Waals surface area contributed by atoms with E-state index in [0.29, 0.717) is 11.5 Å². The second kappa shape index (κ2) is 4.52. The number of carbonyl (C=O) groups is 1. The van der Waals surface area contributed by atoms with Gasteiger partial charge < -0.3 is 11.1 Å². The van der Waals surface area contributed by atoms with Crippen molar-refractivity contribution in [1.29, 1.82) is 0 Å². The maximum Gasteiger partial charge on any atom is 0.234 e. The molecule has 1 rings (SSSR count). The van der Waals surface area contributed by atoms with Crippen LogP contribution in [0.4, 0.5) is 0 Å². The lowest BCUT2D eigenvalue weighted by Crippen LogP contribution is -2.48. The van der Waals surface area contributed by atoms with Crippen LogP contribution in [0.15, 0.2) is 0 Å². The van der Waals surface area contributed by atoms with Gasteiger partial charge in [0.05, 0.1) is 6.04 Å². The van der Waals surface area contributed by atoms with Crippen LogP contribution in [0.1, 0.15) is 47.0 Å². The Hall–Kier alpha value is -0.570. The molecule has 88 valence electrons. The standard InChI is InChI=1S/C12H24N2O/c1-8(2)10(11(13)15)14-9-5-6-12(3,4)7-9/h8-10,14H,5-7H2,1-4H3,(H2,13,15). The van der Waals surface area contributed by atoms with E-state index >= 15 is 0 Å². The smallest absolute Gasteiger partial charge is 0.234 e. The van der Waals surface area contributed by atoms with Gasteiger partial charge in [0.15, 0.2) is 0 Å². The molecule has 0 bridgehead atoms. The summed E-state index contributed by atoms with van der Waals surface area (Å²) in [6.45, 7) is 8.62. The van der Waals surface area contributed by atoms with Crippen molar-refractivity contribution in [1.82, 2.24) is 5.32 Å². The van der Waals surface area contributed by atoms with Gasteiger partial charge in [0.1, 0.15) is 0 Å². The molecule has 3 nitrogen and oxygen atoms in total. The monoisotopic (exact) mass is 212 g/mol. The third-order valence-corrected chi connectivity index (χ3v) is 3.36. The lowest BCUT2D eigenvalue weighted by Gasteiger charge is -2.24. The lowest BCUT2D eigenvalue weighted by atomic mass is 9.91. The number of carbonyl (C=O) groups excluding carboxylic acids is 1. The minimum Gasteiger partial charge on any atom is -0.368 e. The fraction of sp³-hybridized carbons (Fsp3) is 0.917. The van der Waals surface area contributed by atoms with Crippen molar-refractivity contribution in [3.8, 4) is 0 Å². The highest BCUT2D eigenvalue weighted by atomic mass is 16.1. The molecule has 3 heteroatoms. The summed E-state index contributed by atoms with van der Waals surface area (Å²) in [5.74, 6) is 0.0425. The van der Waals surface area contributed by atoms with Crippen LogP contribution in [0.2, 0.25) is 0 Å². The molecule has 1 saturated carbocycles. The molecule has 1 fully saturated rings. The largest absolute Gasteiger partial charge is 0.368 e. The van der Waals surface area contributed by atoms with Gasteiger partial charge in [0.25, 0.3) is 0 Å². The van der Waals surface area contributed by atoms with E-state index in [9.17, 15) is 4.79 Å². The number of primary amides is 1. The van der Waals surface area contributed by atoms with Crippen molar-refractivity contribution < 1.29 is 4.79 Å². The van der Waals surface area contributed by atoms with Crippen LogP contribution in [0.5, 0.6) is 0 Å². The fourth-order valence-corrected chi connectivity index (χ4v) is 2.44. The summed E-state index contributed by atoms with van der Waals surface area (Å²) < 4.78 is 0. The fourth-order valence-electron chi connectivity index (χ4n) is 2.44. The molecule has 2 unspecified atom stereocenters. The Kier molecular flexibility index (Phi) is 3.77. The molecule has 1 aliphatic rings. The van der Waals surface area contributed by atoms with Gasteiger partial charge in [-0.05, 0) is 30.6 Å². The van der Waals surface area contributed by atoms with E-state index in [1.54, 1.807) is 0 Å². The normalized spacial score (nSPS) is 26.9. The molecule has 15 heavy (non-hydrogen) atoms. The molecule has 2 atom stereocenters. The van der Waals surface area contributed by atoms with E-state index < -0.39 is 0 Å². The topological polar surface area (TPSA) is 55.1 Å². The number of hydrogen-bond donors (Lipinski definition) is 2. The maximum absolute atomic E-state index is 11.2. The highest BCUT2D eigenvalue weighted by Gasteiger charge is 2.33. The van der Waals surface area contributed by atoms with Crippen LogP contribution in [-0.4, -0.2) is 18.0 Å². The van der Waals surface area contributed by atoms with Gasteiger partial charge in [0.2, 0.25) is 5.91 Å². The van der Waals surface area contributed by atoms with Gasteiger partial charge in [0, 0.05) is 6.04 Å². The minimum absolute atomic E-state index is 0.177. The Labute approximate surface area is 92.8 Å². The molecular formula is C12H24N2O. The summed E-state index contributed by atoms with van der Waals surface area (Å²) in [4.78, 5) is 11.2. The summed E-state index contributed by atoms with van der Waals surface area (Å²) >= 11 is 0. The Morgan fingerprint density at radius 3 is 2.40 bits per heavy atom. The van der Waals surface area contributed by atoms with Crippen LogP contribution in [0, 0.1) is 11.3 Å². The zero-order valence-electron chi connectivity index (χ0n) is 10.3. The van der Waals surface area contributed by atoms with Crippen LogP contribution in [-0.2, 0) is 4.79 Å². The molecule has 1 amide bonds. The molecule has 0 aromatic rings. The number of hydrogen-bond acceptors (Lipinski definition) is 2. The van der Waals surface area contributed by atoms with Crippen molar-refractivity contribution in [3.63, 3.8) is 0 Å². The Balaban J connectivity index is 2.50. The minimum atomic E-state index is -0.227. The van der Waals surface area contributed by atoms with Crippen LogP contribution < -0.4 is 11.1 Å². The number of amides is 1. The van der Waals surface area contributed by atoms with Gasteiger partial charge in [-0.1, -0.05) is 27.7 Å². The molecule has 0 saturated heterocycles. The first-order valence-electron chi connectivity index (χ1n) is 5.87. The van der Waals surface area contributed by atoms with E-state index in [1.807, 2.05) is 13.8 Å². The molecule has 3 N–H and O–H groups in total. The van der Waals surface area contributed by atoms with Crippen molar-refractivity contribution in [2.45, 2.75) is 59.0 Å². The number of nitrogens with two attached hydrogens (primary N) is 1. The second-order valence-electron chi connectivity index (χ2n) is 5.89. The summed E-state index contributed by atoms with van der Waals surface area (Å²) in [5.41, 5.74) is 5.80. The molecular weight excluding hydrogens is 188 g/mol. The van der Waals surface area contributed by atoms with E-state index in [4.69, 9.17) is 5.73 Å². The third-order valence-electron chi connectivity index (χ3n) is 3.36. The van der Waals surface area contributed by atoms with Gasteiger partial charge in [-0.25, -0.2) is 0 Å². The van der Waals surface area contributed by atoms with E-state index in [0.717, 1.165) is 12.8 Å². The molecule has 0 aromatic carbocycles. The van der Waals surface area contributed by atoms with Gasteiger partial charge in [-0.2, -0.15) is 0 Å². The number of nitrogens with one attached hydrogen (secondary N) is 1. The van der Waals surface area contributed by atoms with E-state index in [2.05, 4.69) is 19.2 Å². The first kappa shape index (κ1) is 12.5. The quantitative estimate of drug-likeness (QED) is 0.744. The Morgan fingerprint density at radius 1 is 1.47 bits per heavy atom. The average Bonchev–Trinajstić information content (AvgIpc) is 2.40. The zero-order chi connectivity index (χ0) is 11.6. The first-order valence-corrected chi connectivity index (χ1v) is 5.87. The van der Waals surface area contributed by atoms with E-state index in [-0.39, 0.29) is 17.9 Å². The highest BCUT2D eigenvalue weighted by molar-refractivity contribution is 5.80. The summed E-state index contributed by atoms with van der Waals surface area (Å²) in [5, 5.41) is 3.40. The maximum atomic E-state index is 11.2. The van der Waals surface area contributed by atoms with Crippen LogP contribution in [0.25, 0.3) is 0 Å². The first-order chi connectivity index (χ1) is 6.82. The van der Waals surface area contributed by atoms with Crippen LogP contribution >= 0.6 is 0 Å². The van der Waals surface area contributed by atoms with Crippen LogP contribution in [0.3, 0.4) is 0 Å². The molecule has 0 aromatic heterocycles. The van der Waals surface area contributed by atoms with Crippen molar-refractivity contribution in [2.24, 2.45) is 17.1 Å². The highest BCUT2D eigenvalue weighted by Crippen LogP contribution is 2.37. The SMILES string of the molecule is CC(C)C(NC1CCC(C)(C)C1)C(N)=O. The lowest BCUT2D eigenvalue weighted by molar-refractivity contribution is -0.121. The molecule has 0 spiro atoms. The van der Waals surface area contributed by atoms with Gasteiger partial charge >= 0.3 is 0 Å². The third kappa shape index (κ3) is 3.49.